The molecule has 1 saturated heterocycles. The zero-order valence-electron chi connectivity index (χ0n) is 13.8. The van der Waals surface area contributed by atoms with E-state index in [0.29, 0.717) is 16.8 Å². The van der Waals surface area contributed by atoms with Crippen LogP contribution in [-0.4, -0.2) is 13.1 Å². The minimum Gasteiger partial charge on any atom is -0.372 e. The van der Waals surface area contributed by atoms with Crippen LogP contribution in [0.1, 0.15) is 18.4 Å². The summed E-state index contributed by atoms with van der Waals surface area (Å²) in [7, 11) is 0. The van der Waals surface area contributed by atoms with E-state index in [1.54, 1.807) is 24.3 Å². The molecule has 0 amide bonds. The lowest BCUT2D eigenvalue weighted by molar-refractivity contribution is 0.949. The highest BCUT2D eigenvalue weighted by Crippen LogP contribution is 2.25. The van der Waals surface area contributed by atoms with Crippen molar-refractivity contribution in [2.75, 3.05) is 18.0 Å². The molecule has 0 radical (unpaired) electrons. The Balaban J connectivity index is 1.68. The van der Waals surface area contributed by atoms with Gasteiger partial charge >= 0.3 is 0 Å². The predicted octanol–water partition coefficient (Wildman–Crippen LogP) is 5.13. The van der Waals surface area contributed by atoms with Gasteiger partial charge in [-0.25, -0.2) is 0 Å². The lowest BCUT2D eigenvalue weighted by Gasteiger charge is -2.17. The van der Waals surface area contributed by atoms with Crippen molar-refractivity contribution < 1.29 is 0 Å². The highest BCUT2D eigenvalue weighted by molar-refractivity contribution is 5.78. The van der Waals surface area contributed by atoms with Gasteiger partial charge in [-0.3, -0.25) is 0 Å². The van der Waals surface area contributed by atoms with Crippen molar-refractivity contribution in [2.45, 2.75) is 12.8 Å². The molecule has 1 heterocycles. The van der Waals surface area contributed by atoms with Crippen LogP contribution in [-0.2, 0) is 0 Å². The molecule has 2 aromatic rings. The number of allylic oxidation sites excluding steroid dienone is 2. The van der Waals surface area contributed by atoms with Gasteiger partial charge in [0.05, 0.1) is 23.0 Å². The Morgan fingerprint density at radius 2 is 1.44 bits per heavy atom. The molecule has 0 unspecified atom stereocenters. The van der Waals surface area contributed by atoms with E-state index in [1.807, 2.05) is 24.3 Å². The van der Waals surface area contributed by atoms with E-state index in [4.69, 9.17) is 10.5 Å². The minimum absolute atomic E-state index is 0.337. The largest absolute Gasteiger partial charge is 0.372 e. The van der Waals surface area contributed by atoms with Crippen molar-refractivity contribution in [3.63, 3.8) is 0 Å². The second-order valence-electron chi connectivity index (χ2n) is 5.76. The molecule has 0 bridgehead atoms. The third-order valence-electron chi connectivity index (χ3n) is 4.11. The first-order chi connectivity index (χ1) is 12.3. The highest BCUT2D eigenvalue weighted by atomic mass is 15.1. The van der Waals surface area contributed by atoms with Crippen LogP contribution in [0.2, 0.25) is 0 Å². The molecule has 0 aliphatic carbocycles. The molecular weight excluding hydrogens is 310 g/mol. The van der Waals surface area contributed by atoms with Crippen molar-refractivity contribution in [1.29, 1.82) is 10.5 Å². The Morgan fingerprint density at radius 3 is 1.96 bits per heavy atom. The van der Waals surface area contributed by atoms with Crippen LogP contribution in [0, 0.1) is 22.7 Å². The van der Waals surface area contributed by atoms with Crippen molar-refractivity contribution in [3.05, 3.63) is 60.2 Å². The van der Waals surface area contributed by atoms with Crippen LogP contribution in [0.5, 0.6) is 0 Å². The highest BCUT2D eigenvalue weighted by Gasteiger charge is 2.11. The molecule has 25 heavy (non-hydrogen) atoms. The molecule has 122 valence electrons. The van der Waals surface area contributed by atoms with Crippen molar-refractivity contribution in [3.8, 4) is 12.1 Å². The normalized spacial score (nSPS) is 14.5. The number of nitriles is 2. The first kappa shape index (κ1) is 16.4. The lowest BCUT2D eigenvalue weighted by Crippen LogP contribution is -2.17. The van der Waals surface area contributed by atoms with Gasteiger partial charge < -0.3 is 4.90 Å². The second kappa shape index (κ2) is 7.90. The summed E-state index contributed by atoms with van der Waals surface area (Å²) in [6, 6.07) is 19.0. The van der Waals surface area contributed by atoms with Gasteiger partial charge in [0.25, 0.3) is 0 Å². The predicted molar refractivity (Wildman–Crippen MR) is 97.7 cm³/mol. The summed E-state index contributed by atoms with van der Waals surface area (Å²) in [6.07, 6.45) is 3.75. The molecule has 0 atom stereocenters. The van der Waals surface area contributed by atoms with Gasteiger partial charge in [-0.15, -0.1) is 0 Å². The zero-order chi connectivity index (χ0) is 17.5. The Kier molecular flexibility index (Phi) is 5.19. The Morgan fingerprint density at radius 1 is 0.880 bits per heavy atom. The maximum absolute atomic E-state index is 9.02. The molecule has 5 heteroatoms. The lowest BCUT2D eigenvalue weighted by atomic mass is 10.1. The summed E-state index contributed by atoms with van der Waals surface area (Å²) in [6.45, 7) is 2.25. The van der Waals surface area contributed by atoms with Gasteiger partial charge in [0, 0.05) is 24.9 Å². The van der Waals surface area contributed by atoms with Crippen LogP contribution >= 0.6 is 0 Å². The Bertz CT molecular complexity index is 858. The van der Waals surface area contributed by atoms with Crippen LogP contribution in [0.4, 0.5) is 17.1 Å². The summed E-state index contributed by atoms with van der Waals surface area (Å²) >= 11 is 0. The third kappa shape index (κ3) is 4.10. The Labute approximate surface area is 147 Å². The molecule has 1 aliphatic heterocycles. The molecule has 1 fully saturated rings. The summed E-state index contributed by atoms with van der Waals surface area (Å²) in [4.78, 5) is 2.38. The molecule has 0 aromatic heterocycles. The fraction of sp³-hybridized carbons (Fsp3) is 0.200. The number of azo groups is 1. The first-order valence-corrected chi connectivity index (χ1v) is 8.17. The van der Waals surface area contributed by atoms with Gasteiger partial charge in [-0.1, -0.05) is 12.1 Å². The Hall–Kier alpha value is -3.44. The average molecular weight is 327 g/mol. The van der Waals surface area contributed by atoms with Gasteiger partial charge in [-0.2, -0.15) is 20.8 Å². The van der Waals surface area contributed by atoms with E-state index in [9.17, 15) is 0 Å². The summed E-state index contributed by atoms with van der Waals surface area (Å²) in [5.74, 6) is 0. The topological polar surface area (TPSA) is 75.5 Å². The fourth-order valence-electron chi connectivity index (χ4n) is 2.77. The van der Waals surface area contributed by atoms with E-state index in [-0.39, 0.29) is 0 Å². The molecule has 0 N–H and O–H groups in total. The van der Waals surface area contributed by atoms with Crippen molar-refractivity contribution in [2.24, 2.45) is 10.2 Å². The zero-order valence-corrected chi connectivity index (χ0v) is 13.8. The van der Waals surface area contributed by atoms with Crippen LogP contribution < -0.4 is 4.90 Å². The van der Waals surface area contributed by atoms with E-state index in [2.05, 4.69) is 27.3 Å². The van der Waals surface area contributed by atoms with E-state index < -0.39 is 0 Å². The van der Waals surface area contributed by atoms with E-state index in [1.165, 1.54) is 24.6 Å². The van der Waals surface area contributed by atoms with Crippen molar-refractivity contribution in [1.82, 2.24) is 0 Å². The summed E-state index contributed by atoms with van der Waals surface area (Å²) in [5.41, 5.74) is 3.76. The van der Waals surface area contributed by atoms with Gasteiger partial charge in [0.15, 0.2) is 0 Å². The SMILES string of the molecule is N#C/C=C(\C#N)c1ccc(N=Nc2ccc(N3CCCC3)cc2)cc1. The van der Waals surface area contributed by atoms with Gasteiger partial charge in [0.1, 0.15) is 6.07 Å². The van der Waals surface area contributed by atoms with Crippen LogP contribution in [0.25, 0.3) is 5.57 Å². The van der Waals surface area contributed by atoms with Crippen LogP contribution in [0.3, 0.4) is 0 Å². The second-order valence-corrected chi connectivity index (χ2v) is 5.76. The number of rotatable bonds is 4. The standard InChI is InChI=1S/C20H17N5/c21-12-11-17(15-22)16-3-5-18(6-4-16)23-24-19-7-9-20(10-8-19)25-13-1-2-14-25/h3-11H,1-2,13-14H2/b17-11+,24-23?. The van der Waals surface area contributed by atoms with E-state index >= 15 is 0 Å². The molecule has 2 aromatic carbocycles. The van der Waals surface area contributed by atoms with E-state index in [0.717, 1.165) is 18.8 Å². The minimum atomic E-state index is 0.337. The maximum Gasteiger partial charge on any atom is 0.101 e. The molecular formula is C20H17N5. The number of hydrogen-bond acceptors (Lipinski definition) is 5. The smallest absolute Gasteiger partial charge is 0.101 e. The number of benzene rings is 2. The summed E-state index contributed by atoms with van der Waals surface area (Å²) < 4.78 is 0. The molecule has 0 saturated carbocycles. The average Bonchev–Trinajstić information content (AvgIpc) is 3.20. The maximum atomic E-state index is 9.02. The molecule has 1 aliphatic rings. The van der Waals surface area contributed by atoms with Crippen LogP contribution in [0.15, 0.2) is 64.8 Å². The van der Waals surface area contributed by atoms with Crippen molar-refractivity contribution >= 4 is 22.6 Å². The third-order valence-corrected chi connectivity index (χ3v) is 4.11. The number of anilines is 1. The number of hydrogen-bond donors (Lipinski definition) is 0. The molecule has 3 rings (SSSR count). The molecule has 0 spiro atoms. The van der Waals surface area contributed by atoms with Gasteiger partial charge in [-0.05, 0) is 54.8 Å². The molecule has 5 nitrogen and oxygen atoms in total. The summed E-state index contributed by atoms with van der Waals surface area (Å²) in [5, 5.41) is 26.2. The number of nitrogens with zero attached hydrogens (tertiary/aromatic N) is 5. The fourth-order valence-corrected chi connectivity index (χ4v) is 2.77. The monoisotopic (exact) mass is 327 g/mol. The van der Waals surface area contributed by atoms with Gasteiger partial charge in [0.2, 0.25) is 0 Å². The first-order valence-electron chi connectivity index (χ1n) is 8.17. The quantitative estimate of drug-likeness (QED) is 0.577.